The number of hydrogen-bond donors (Lipinski definition) is 0. The van der Waals surface area contributed by atoms with Crippen molar-refractivity contribution in [2.75, 3.05) is 0 Å². The summed E-state index contributed by atoms with van der Waals surface area (Å²) < 4.78 is 0. The van der Waals surface area contributed by atoms with Crippen molar-refractivity contribution in [3.63, 3.8) is 0 Å². The first kappa shape index (κ1) is 45.6. The maximum atomic E-state index is 0. The Morgan fingerprint density at radius 1 is 1.17 bits per heavy atom. The molecule has 0 amide bonds. The van der Waals surface area contributed by atoms with Crippen molar-refractivity contribution >= 4 is 48.9 Å². The van der Waals surface area contributed by atoms with E-state index in [0.717, 1.165) is 0 Å². The first-order valence-electron chi connectivity index (χ1n) is 0. The smallest absolute Gasteiger partial charge is 1.00 e. The molecule has 2 radical (unpaired) electrons. The summed E-state index contributed by atoms with van der Waals surface area (Å²) in [5.41, 5.74) is 0. The fourth-order valence-electron chi connectivity index (χ4n) is 0. The molecule has 0 saturated heterocycles. The maximum Gasteiger partial charge on any atom is 2.00 e. The molecule has 0 unspecified atom stereocenters. The molecule has 0 rings (SSSR count). The summed E-state index contributed by atoms with van der Waals surface area (Å²) in [5.74, 6) is 0. The SMILES string of the molecule is [Ba+2].[Co].[H-].[H-].[H-].[H-].[Li+].[Mn].[Na+].[Ni]. The molecule has 0 heterocycles. The second-order valence-corrected chi connectivity index (χ2v) is 0. The van der Waals surface area contributed by atoms with Crippen LogP contribution in [0.4, 0.5) is 0 Å². The molecule has 6 heteroatoms. The van der Waals surface area contributed by atoms with Gasteiger partial charge >= 0.3 is 97.3 Å². The van der Waals surface area contributed by atoms with Crippen LogP contribution in [-0.4, -0.2) is 48.9 Å². The van der Waals surface area contributed by atoms with E-state index in [4.69, 9.17) is 0 Å². The van der Waals surface area contributed by atoms with Crippen molar-refractivity contribution in [1.29, 1.82) is 0 Å². The van der Waals surface area contributed by atoms with Gasteiger partial charge in [-0.25, -0.2) is 0 Å². The van der Waals surface area contributed by atoms with Crippen LogP contribution in [-0.2, 0) is 50.3 Å². The van der Waals surface area contributed by atoms with Crippen molar-refractivity contribution in [2.24, 2.45) is 0 Å². The van der Waals surface area contributed by atoms with E-state index in [1.165, 1.54) is 0 Å². The molecule has 0 spiro atoms. The van der Waals surface area contributed by atoms with Crippen molar-refractivity contribution in [2.45, 2.75) is 0 Å². The summed E-state index contributed by atoms with van der Waals surface area (Å²) in [5, 5.41) is 0. The normalized spacial score (nSPS) is 0. The summed E-state index contributed by atoms with van der Waals surface area (Å²) >= 11 is 0. The zero-order valence-corrected chi connectivity index (χ0v) is 13.4. The van der Waals surface area contributed by atoms with E-state index in [2.05, 4.69) is 0 Å². The second-order valence-electron chi connectivity index (χ2n) is 0. The Labute approximate surface area is 150 Å². The molecule has 0 aromatic heterocycles. The maximum absolute atomic E-state index is 0. The fourth-order valence-corrected chi connectivity index (χ4v) is 0. The molecular weight excluding hydrogens is 340 g/mol. The van der Waals surface area contributed by atoms with Crippen LogP contribution in [0.15, 0.2) is 0 Å². The largest absolute Gasteiger partial charge is 2.00 e. The predicted molar refractivity (Wildman–Crippen MR) is 10.2 cm³/mol. The molecule has 34 valence electrons. The van der Waals surface area contributed by atoms with Crippen molar-refractivity contribution in [3.05, 3.63) is 0 Å². The average molecular weight is 344 g/mol. The van der Waals surface area contributed by atoms with Gasteiger partial charge in [0.1, 0.15) is 0 Å². The Hall–Kier alpha value is 4.69. The zero-order valence-electron chi connectivity index (χ0n) is 7.73. The third-order valence-electron chi connectivity index (χ3n) is 0. The van der Waals surface area contributed by atoms with Gasteiger partial charge in [0, 0.05) is 50.3 Å². The topological polar surface area (TPSA) is 0 Å². The van der Waals surface area contributed by atoms with E-state index < -0.39 is 0 Å². The van der Waals surface area contributed by atoms with E-state index in [1.807, 2.05) is 0 Å². The summed E-state index contributed by atoms with van der Waals surface area (Å²) in [7, 11) is 0. The van der Waals surface area contributed by atoms with Gasteiger partial charge in [0.25, 0.3) is 0 Å². The molecule has 0 fully saturated rings. The van der Waals surface area contributed by atoms with Gasteiger partial charge in [-0.05, 0) is 0 Å². The minimum Gasteiger partial charge on any atom is -1.00 e. The standard InChI is InChI=1S/Ba.Co.Li.Mn.Na.Ni.4H/q+2;;+1;;+1;;4*-1. The molecular formula is H4BaCoLiMnNaNi. The molecule has 0 aliphatic carbocycles. The Bertz CT molecular complexity index is 25.2. The number of rotatable bonds is 0. The predicted octanol–water partition coefficient (Wildman–Crippen LogP) is -5.93. The molecule has 6 heavy (non-hydrogen) atoms. The molecule has 0 aliphatic heterocycles. The van der Waals surface area contributed by atoms with E-state index in [0.29, 0.717) is 0 Å². The second kappa shape index (κ2) is 33.3. The van der Waals surface area contributed by atoms with Crippen LogP contribution in [0.1, 0.15) is 5.71 Å². The van der Waals surface area contributed by atoms with Gasteiger partial charge in [0.15, 0.2) is 0 Å². The minimum atomic E-state index is 0. The van der Waals surface area contributed by atoms with Crippen molar-refractivity contribution in [1.82, 2.24) is 0 Å². The van der Waals surface area contributed by atoms with Crippen LogP contribution in [0, 0.1) is 0 Å². The molecule has 0 aromatic rings. The Morgan fingerprint density at radius 3 is 1.17 bits per heavy atom. The number of hydrogen-bond acceptors (Lipinski definition) is 0. The van der Waals surface area contributed by atoms with Crippen molar-refractivity contribution < 1.29 is 104 Å². The van der Waals surface area contributed by atoms with Crippen LogP contribution in [0.25, 0.3) is 0 Å². The monoisotopic (exact) mass is 344 g/mol. The van der Waals surface area contributed by atoms with Crippen LogP contribution >= 0.6 is 0 Å². The molecule has 0 bridgehead atoms. The first-order valence-corrected chi connectivity index (χ1v) is 0. The van der Waals surface area contributed by atoms with Gasteiger partial charge < -0.3 is 5.71 Å². The van der Waals surface area contributed by atoms with E-state index in [1.54, 1.807) is 0 Å². The minimum absolute atomic E-state index is 0. The van der Waals surface area contributed by atoms with Gasteiger partial charge in [0.2, 0.25) is 0 Å². The quantitative estimate of drug-likeness (QED) is 0.384. The van der Waals surface area contributed by atoms with E-state index in [-0.39, 0.29) is 153 Å². The van der Waals surface area contributed by atoms with Crippen LogP contribution in [0.5, 0.6) is 0 Å². The van der Waals surface area contributed by atoms with Gasteiger partial charge in [0.05, 0.1) is 0 Å². The van der Waals surface area contributed by atoms with Crippen LogP contribution < -0.4 is 48.4 Å². The van der Waals surface area contributed by atoms with Gasteiger partial charge in [-0.15, -0.1) is 0 Å². The van der Waals surface area contributed by atoms with Crippen LogP contribution in [0.2, 0.25) is 0 Å². The van der Waals surface area contributed by atoms with Gasteiger partial charge in [-0.2, -0.15) is 0 Å². The Morgan fingerprint density at radius 2 is 1.17 bits per heavy atom. The fraction of sp³-hybridized carbons (Fsp3) is 0. The van der Waals surface area contributed by atoms with E-state index in [9.17, 15) is 0 Å². The molecule has 0 saturated carbocycles. The Kier molecular flexibility index (Phi) is 253. The van der Waals surface area contributed by atoms with Crippen molar-refractivity contribution in [3.8, 4) is 0 Å². The average Bonchev–Trinajstić information content (AvgIpc) is 0. The molecule has 0 nitrogen and oxygen atoms in total. The third kappa shape index (κ3) is 23.4. The Balaban J connectivity index is 0. The van der Waals surface area contributed by atoms with Crippen LogP contribution in [0.3, 0.4) is 0 Å². The summed E-state index contributed by atoms with van der Waals surface area (Å²) in [4.78, 5) is 0. The molecule has 0 aliphatic rings. The molecule has 0 aromatic carbocycles. The van der Waals surface area contributed by atoms with Gasteiger partial charge in [-0.3, -0.25) is 0 Å². The third-order valence-corrected chi connectivity index (χ3v) is 0. The zero-order chi connectivity index (χ0) is 0. The van der Waals surface area contributed by atoms with Gasteiger partial charge in [-0.1, -0.05) is 0 Å². The van der Waals surface area contributed by atoms with E-state index >= 15 is 0 Å². The summed E-state index contributed by atoms with van der Waals surface area (Å²) in [6, 6.07) is 0. The first-order chi connectivity index (χ1) is 0. The summed E-state index contributed by atoms with van der Waals surface area (Å²) in [6.07, 6.45) is 0. The summed E-state index contributed by atoms with van der Waals surface area (Å²) in [6.45, 7) is 0. The molecule has 0 atom stereocenters. The molecule has 0 N–H and O–H groups in total.